The van der Waals surface area contributed by atoms with Crippen LogP contribution < -0.4 is 5.32 Å². The third-order valence-electron chi connectivity index (χ3n) is 6.00. The van der Waals surface area contributed by atoms with E-state index in [1.165, 1.54) is 22.8 Å². The molecular formula is C24H19ClN2O2. The van der Waals surface area contributed by atoms with Crippen molar-refractivity contribution >= 4 is 23.0 Å². The molecule has 29 heavy (non-hydrogen) atoms. The second-order valence-corrected chi connectivity index (χ2v) is 8.01. The highest BCUT2D eigenvalue weighted by atomic mass is 35.5. The number of rotatable bonds is 3. The van der Waals surface area contributed by atoms with Gasteiger partial charge in [-0.15, -0.1) is 0 Å². The first-order chi connectivity index (χ1) is 14.1. The van der Waals surface area contributed by atoms with Crippen LogP contribution in [-0.4, -0.2) is 4.92 Å². The van der Waals surface area contributed by atoms with Gasteiger partial charge in [-0.1, -0.05) is 60.2 Å². The number of hydrogen-bond acceptors (Lipinski definition) is 3. The maximum atomic E-state index is 11.3. The molecular weight excluding hydrogens is 384 g/mol. The minimum atomic E-state index is -0.368. The predicted octanol–water partition coefficient (Wildman–Crippen LogP) is 6.74. The lowest BCUT2D eigenvalue weighted by Gasteiger charge is -2.38. The van der Waals surface area contributed by atoms with E-state index in [0.717, 1.165) is 17.7 Å². The summed E-state index contributed by atoms with van der Waals surface area (Å²) in [5, 5.41) is 15.5. The number of hydrogen-bond donors (Lipinski definition) is 1. The molecule has 1 N–H and O–H groups in total. The van der Waals surface area contributed by atoms with Crippen molar-refractivity contribution in [2.45, 2.75) is 18.4 Å². The van der Waals surface area contributed by atoms with Gasteiger partial charge in [-0.05, 0) is 47.2 Å². The van der Waals surface area contributed by atoms with Crippen molar-refractivity contribution in [1.82, 2.24) is 0 Å². The molecule has 0 unspecified atom stereocenters. The fourth-order valence-electron chi connectivity index (χ4n) is 4.60. The lowest BCUT2D eigenvalue weighted by Crippen LogP contribution is -2.29. The molecule has 4 nitrogen and oxygen atoms in total. The van der Waals surface area contributed by atoms with E-state index < -0.39 is 0 Å². The molecule has 0 spiro atoms. The summed E-state index contributed by atoms with van der Waals surface area (Å²) in [6.07, 6.45) is 5.38. The molecule has 0 radical (unpaired) electrons. The van der Waals surface area contributed by atoms with Crippen molar-refractivity contribution in [3.05, 3.63) is 105 Å². The smallest absolute Gasteiger partial charge is 0.269 e. The number of fused-ring (bicyclic) bond motifs is 3. The first-order valence-corrected chi connectivity index (χ1v) is 10.1. The van der Waals surface area contributed by atoms with E-state index in [-0.39, 0.29) is 28.5 Å². The van der Waals surface area contributed by atoms with Gasteiger partial charge in [0.2, 0.25) is 0 Å². The molecule has 1 aliphatic heterocycles. The molecule has 3 atom stereocenters. The molecule has 3 aromatic rings. The maximum Gasteiger partial charge on any atom is 0.269 e. The van der Waals surface area contributed by atoms with Crippen molar-refractivity contribution in [3.63, 3.8) is 0 Å². The van der Waals surface area contributed by atoms with Gasteiger partial charge in [-0.25, -0.2) is 0 Å². The molecule has 5 rings (SSSR count). The summed E-state index contributed by atoms with van der Waals surface area (Å²) < 4.78 is 0. The summed E-state index contributed by atoms with van der Waals surface area (Å²) in [7, 11) is 0. The Balaban J connectivity index is 1.58. The highest BCUT2D eigenvalue weighted by Crippen LogP contribution is 2.51. The summed E-state index contributed by atoms with van der Waals surface area (Å²) in [5.74, 6) is 0.531. The standard InChI is InChI=1S/C24H19ClN2O2/c25-22-11-10-17(27(28)29)14-21(22)24-19-8-4-7-18(19)20-13-16(9-12-23(20)26-24)15-5-2-1-3-6-15/h1-7,9-14,18-19,24,26H,8H2/t18-,19-,24+/m0/s1. The molecule has 0 fully saturated rings. The van der Waals surface area contributed by atoms with Crippen LogP contribution in [0.25, 0.3) is 11.1 Å². The van der Waals surface area contributed by atoms with E-state index in [1.54, 1.807) is 12.1 Å². The highest BCUT2D eigenvalue weighted by molar-refractivity contribution is 6.31. The van der Waals surface area contributed by atoms with Crippen LogP contribution in [0.4, 0.5) is 11.4 Å². The van der Waals surface area contributed by atoms with E-state index in [1.807, 2.05) is 18.2 Å². The summed E-state index contributed by atoms with van der Waals surface area (Å²) in [6.45, 7) is 0. The van der Waals surface area contributed by atoms with Gasteiger partial charge in [-0.2, -0.15) is 0 Å². The molecule has 1 aliphatic carbocycles. The molecule has 0 saturated heterocycles. The number of non-ortho nitro benzene ring substituents is 1. The number of nitro benzene ring substituents is 1. The van der Waals surface area contributed by atoms with Crippen LogP contribution in [0.5, 0.6) is 0 Å². The van der Waals surface area contributed by atoms with Crippen molar-refractivity contribution in [2.24, 2.45) is 5.92 Å². The molecule has 144 valence electrons. The Hall–Kier alpha value is -3.11. The van der Waals surface area contributed by atoms with Gasteiger partial charge in [0.1, 0.15) is 0 Å². The lowest BCUT2D eigenvalue weighted by molar-refractivity contribution is -0.384. The highest BCUT2D eigenvalue weighted by Gasteiger charge is 2.39. The number of halogens is 1. The Morgan fingerprint density at radius 3 is 2.59 bits per heavy atom. The molecule has 5 heteroatoms. The van der Waals surface area contributed by atoms with Gasteiger partial charge in [0, 0.05) is 34.3 Å². The summed E-state index contributed by atoms with van der Waals surface area (Å²) in [4.78, 5) is 10.9. The molecule has 2 aliphatic rings. The Labute approximate surface area is 174 Å². The molecule has 3 aromatic carbocycles. The Morgan fingerprint density at radius 1 is 0.966 bits per heavy atom. The Morgan fingerprint density at radius 2 is 1.79 bits per heavy atom. The average molecular weight is 403 g/mol. The van der Waals surface area contributed by atoms with Crippen LogP contribution in [-0.2, 0) is 0 Å². The zero-order chi connectivity index (χ0) is 20.0. The third-order valence-corrected chi connectivity index (χ3v) is 6.34. The molecule has 0 aromatic heterocycles. The van der Waals surface area contributed by atoms with Crippen molar-refractivity contribution < 1.29 is 4.92 Å². The number of anilines is 1. The average Bonchev–Trinajstić information content (AvgIpc) is 3.24. The van der Waals surface area contributed by atoms with Crippen molar-refractivity contribution in [1.29, 1.82) is 0 Å². The molecule has 0 saturated carbocycles. The maximum absolute atomic E-state index is 11.3. The number of allylic oxidation sites excluding steroid dienone is 2. The van der Waals surface area contributed by atoms with Crippen LogP contribution in [0, 0.1) is 16.0 Å². The SMILES string of the molecule is O=[N+]([O-])c1ccc(Cl)c([C@@H]2Nc3ccc(-c4ccccc4)cc3[C@H]3C=CC[C@@H]32)c1. The second kappa shape index (κ2) is 7.05. The normalized spacial score (nSPS) is 21.9. The molecule has 0 amide bonds. The first-order valence-electron chi connectivity index (χ1n) is 9.68. The zero-order valence-electron chi connectivity index (χ0n) is 15.6. The molecule has 0 bridgehead atoms. The van der Waals surface area contributed by atoms with Gasteiger partial charge in [0.15, 0.2) is 0 Å². The van der Waals surface area contributed by atoms with Crippen LogP contribution in [0.15, 0.2) is 78.9 Å². The minimum Gasteiger partial charge on any atom is -0.378 e. The van der Waals surface area contributed by atoms with Crippen LogP contribution in [0.2, 0.25) is 5.02 Å². The van der Waals surface area contributed by atoms with Crippen LogP contribution in [0.3, 0.4) is 0 Å². The number of nitrogens with zero attached hydrogens (tertiary/aromatic N) is 1. The van der Waals surface area contributed by atoms with Crippen LogP contribution >= 0.6 is 11.6 Å². The van der Waals surface area contributed by atoms with E-state index in [2.05, 4.69) is 47.8 Å². The summed E-state index contributed by atoms with van der Waals surface area (Å²) in [6, 6.07) is 21.5. The van der Waals surface area contributed by atoms with Gasteiger partial charge >= 0.3 is 0 Å². The number of nitrogens with one attached hydrogen (secondary N) is 1. The van der Waals surface area contributed by atoms with Gasteiger partial charge in [0.05, 0.1) is 11.0 Å². The third kappa shape index (κ3) is 3.10. The van der Waals surface area contributed by atoms with Crippen molar-refractivity contribution in [2.75, 3.05) is 5.32 Å². The van der Waals surface area contributed by atoms with Crippen LogP contribution in [0.1, 0.15) is 29.5 Å². The Bertz CT molecular complexity index is 1130. The van der Waals surface area contributed by atoms with E-state index in [4.69, 9.17) is 11.6 Å². The Kier molecular flexibility index (Phi) is 4.36. The minimum absolute atomic E-state index is 0.0685. The zero-order valence-corrected chi connectivity index (χ0v) is 16.3. The quantitative estimate of drug-likeness (QED) is 0.300. The monoisotopic (exact) mass is 402 g/mol. The first kappa shape index (κ1) is 18.0. The van der Waals surface area contributed by atoms with Gasteiger partial charge < -0.3 is 5.32 Å². The second-order valence-electron chi connectivity index (χ2n) is 7.61. The predicted molar refractivity (Wildman–Crippen MR) is 116 cm³/mol. The molecule has 1 heterocycles. The summed E-state index contributed by atoms with van der Waals surface area (Å²) in [5.41, 5.74) is 5.57. The van der Waals surface area contributed by atoms with Gasteiger partial charge in [-0.3, -0.25) is 10.1 Å². The van der Waals surface area contributed by atoms with E-state index in [0.29, 0.717) is 5.02 Å². The fourth-order valence-corrected chi connectivity index (χ4v) is 4.83. The van der Waals surface area contributed by atoms with Crippen molar-refractivity contribution in [3.8, 4) is 11.1 Å². The number of nitro groups is 1. The van der Waals surface area contributed by atoms with E-state index >= 15 is 0 Å². The van der Waals surface area contributed by atoms with Gasteiger partial charge in [0.25, 0.3) is 5.69 Å². The topological polar surface area (TPSA) is 55.2 Å². The summed E-state index contributed by atoms with van der Waals surface area (Å²) >= 11 is 6.47. The lowest BCUT2D eigenvalue weighted by atomic mass is 9.76. The fraction of sp³-hybridized carbons (Fsp3) is 0.167. The van der Waals surface area contributed by atoms with E-state index in [9.17, 15) is 10.1 Å². The number of benzene rings is 3. The largest absolute Gasteiger partial charge is 0.378 e.